The first-order valence-electron chi connectivity index (χ1n) is 7.14. The highest BCUT2D eigenvalue weighted by molar-refractivity contribution is 8.14. The molecule has 2 aliphatic rings. The summed E-state index contributed by atoms with van der Waals surface area (Å²) < 4.78 is 2.04. The lowest BCUT2D eigenvalue weighted by atomic mass is 10.0. The number of hydrogen-bond donors (Lipinski definition) is 1. The van der Waals surface area contributed by atoms with E-state index in [0.717, 1.165) is 29.3 Å². The van der Waals surface area contributed by atoms with Gasteiger partial charge in [0.25, 0.3) is 5.56 Å². The number of H-pyrrole nitrogens is 1. The predicted octanol–water partition coefficient (Wildman–Crippen LogP) is 3.79. The Morgan fingerprint density at radius 3 is 2.68 bits per heavy atom. The molecule has 2 heterocycles. The van der Waals surface area contributed by atoms with Crippen molar-refractivity contribution in [2.75, 3.05) is 0 Å². The summed E-state index contributed by atoms with van der Waals surface area (Å²) in [6.45, 7) is 6.39. The summed E-state index contributed by atoms with van der Waals surface area (Å²) in [5.41, 5.74) is 0.946. The minimum absolute atomic E-state index is 0.0596. The van der Waals surface area contributed by atoms with Gasteiger partial charge in [0.1, 0.15) is 0 Å². The zero-order valence-corrected chi connectivity index (χ0v) is 12.6. The molecule has 0 bridgehead atoms. The number of hydrogen-bond acceptors (Lipinski definition) is 3. The zero-order chi connectivity index (χ0) is 13.6. The van der Waals surface area contributed by atoms with E-state index in [0.29, 0.717) is 12.0 Å². The van der Waals surface area contributed by atoms with Gasteiger partial charge in [-0.2, -0.15) is 0 Å². The van der Waals surface area contributed by atoms with Gasteiger partial charge < -0.3 is 0 Å². The molecule has 1 fully saturated rings. The lowest BCUT2D eigenvalue weighted by Crippen LogP contribution is -2.16. The monoisotopic (exact) mass is 279 g/mol. The number of nitrogens with zero attached hydrogens (tertiary/aromatic N) is 2. The van der Waals surface area contributed by atoms with Crippen LogP contribution in [0, 0.1) is 5.92 Å². The van der Waals surface area contributed by atoms with Gasteiger partial charge in [-0.05, 0) is 25.7 Å². The molecule has 19 heavy (non-hydrogen) atoms. The van der Waals surface area contributed by atoms with Crippen LogP contribution in [0.25, 0.3) is 0 Å². The van der Waals surface area contributed by atoms with E-state index < -0.39 is 0 Å². The van der Waals surface area contributed by atoms with Crippen molar-refractivity contribution in [2.45, 2.75) is 57.7 Å². The first kappa shape index (κ1) is 13.0. The van der Waals surface area contributed by atoms with Crippen LogP contribution in [0.4, 0.5) is 5.82 Å². The average molecular weight is 279 g/mol. The third-order valence-electron chi connectivity index (χ3n) is 4.08. The molecule has 1 aliphatic carbocycles. The van der Waals surface area contributed by atoms with Gasteiger partial charge in [0.05, 0.1) is 16.6 Å². The molecule has 1 saturated carbocycles. The van der Waals surface area contributed by atoms with Crippen molar-refractivity contribution in [2.24, 2.45) is 10.9 Å². The van der Waals surface area contributed by atoms with E-state index in [-0.39, 0.29) is 10.8 Å². The van der Waals surface area contributed by atoms with Crippen LogP contribution < -0.4 is 5.56 Å². The maximum absolute atomic E-state index is 12.3. The van der Waals surface area contributed by atoms with Gasteiger partial charge in [0.2, 0.25) is 0 Å². The molecule has 1 aliphatic heterocycles. The molecule has 0 aromatic carbocycles. The maximum atomic E-state index is 12.3. The number of fused-ring (bicyclic) bond motifs is 1. The Bertz CT molecular complexity index is 564. The van der Waals surface area contributed by atoms with E-state index in [9.17, 15) is 4.79 Å². The molecular weight excluding hydrogens is 258 g/mol. The molecule has 5 heteroatoms. The minimum Gasteiger partial charge on any atom is -0.268 e. The molecule has 3 rings (SSSR count). The van der Waals surface area contributed by atoms with Crippen molar-refractivity contribution in [3.8, 4) is 0 Å². The van der Waals surface area contributed by atoms with Crippen molar-refractivity contribution in [3.05, 3.63) is 15.9 Å². The Morgan fingerprint density at radius 1 is 1.37 bits per heavy atom. The average Bonchev–Trinajstić information content (AvgIpc) is 2.96. The summed E-state index contributed by atoms with van der Waals surface area (Å²) in [6.07, 6.45) is 4.83. The van der Waals surface area contributed by atoms with E-state index >= 15 is 0 Å². The van der Waals surface area contributed by atoms with Gasteiger partial charge in [-0.1, -0.05) is 26.7 Å². The van der Waals surface area contributed by atoms with Gasteiger partial charge in [-0.15, -0.1) is 11.8 Å². The lowest BCUT2D eigenvalue weighted by Gasteiger charge is -2.24. The van der Waals surface area contributed by atoms with Crippen LogP contribution in [0.1, 0.15) is 63.3 Å². The van der Waals surface area contributed by atoms with Crippen LogP contribution in [0.15, 0.2) is 9.79 Å². The predicted molar refractivity (Wildman–Crippen MR) is 80.5 cm³/mol. The molecule has 1 aromatic heterocycles. The molecular formula is C14H21N3OS. The highest BCUT2D eigenvalue weighted by atomic mass is 32.2. The summed E-state index contributed by atoms with van der Waals surface area (Å²) >= 11 is 1.72. The summed E-state index contributed by atoms with van der Waals surface area (Å²) in [5.74, 6) is 1.33. The largest absolute Gasteiger partial charge is 0.270 e. The fraction of sp³-hybridized carbons (Fsp3) is 0.714. The van der Waals surface area contributed by atoms with Gasteiger partial charge >= 0.3 is 0 Å². The second-order valence-electron chi connectivity index (χ2n) is 5.90. The fourth-order valence-electron chi connectivity index (χ4n) is 3.14. The number of aromatic amines is 1. The Labute approximate surface area is 117 Å². The van der Waals surface area contributed by atoms with Crippen LogP contribution >= 0.6 is 11.8 Å². The van der Waals surface area contributed by atoms with Crippen LogP contribution in [-0.2, 0) is 0 Å². The highest BCUT2D eigenvalue weighted by Crippen LogP contribution is 2.45. The van der Waals surface area contributed by atoms with E-state index in [1.54, 1.807) is 11.8 Å². The van der Waals surface area contributed by atoms with Gasteiger partial charge in [-0.3, -0.25) is 14.6 Å². The Hall–Kier alpha value is -0.970. The van der Waals surface area contributed by atoms with Crippen molar-refractivity contribution >= 4 is 22.6 Å². The number of thioether (sulfide) groups is 1. The summed E-state index contributed by atoms with van der Waals surface area (Å²) in [7, 11) is 0. The van der Waals surface area contributed by atoms with Gasteiger partial charge in [0, 0.05) is 5.25 Å². The number of aliphatic imine (C=N–C) groups is 1. The standard InChI is InChI=1S/C14H21N3OS/c1-8(2)12-11-13(15-9(3)19-12)17(16-14(11)18)10-6-4-5-7-10/h8,10,12H,4-7H2,1-3H3,(H,16,18)/t12-/m1/s1. The molecule has 0 saturated heterocycles. The molecule has 0 radical (unpaired) electrons. The van der Waals surface area contributed by atoms with Crippen LogP contribution in [-0.4, -0.2) is 14.8 Å². The van der Waals surface area contributed by atoms with Gasteiger partial charge in [0.15, 0.2) is 5.82 Å². The molecule has 0 spiro atoms. The summed E-state index contributed by atoms with van der Waals surface area (Å²) in [4.78, 5) is 17.0. The normalized spacial score (nSPS) is 23.8. The molecule has 0 unspecified atom stereocenters. The Kier molecular flexibility index (Phi) is 3.33. The Morgan fingerprint density at radius 2 is 2.05 bits per heavy atom. The number of aromatic nitrogens is 2. The molecule has 4 nitrogen and oxygen atoms in total. The number of rotatable bonds is 2. The van der Waals surface area contributed by atoms with Crippen LogP contribution in [0.5, 0.6) is 0 Å². The lowest BCUT2D eigenvalue weighted by molar-refractivity contribution is 0.468. The van der Waals surface area contributed by atoms with Crippen molar-refractivity contribution in [3.63, 3.8) is 0 Å². The highest BCUT2D eigenvalue weighted by Gasteiger charge is 2.32. The second kappa shape index (κ2) is 4.85. The fourth-order valence-corrected chi connectivity index (χ4v) is 4.25. The minimum atomic E-state index is 0.0596. The SMILES string of the molecule is CC1=Nc2c(c(=O)[nH]n2C2CCCC2)[C@@H](C(C)C)S1. The van der Waals surface area contributed by atoms with E-state index in [2.05, 4.69) is 23.9 Å². The van der Waals surface area contributed by atoms with Gasteiger partial charge in [-0.25, -0.2) is 4.99 Å². The summed E-state index contributed by atoms with van der Waals surface area (Å²) in [5, 5.41) is 4.34. The summed E-state index contributed by atoms with van der Waals surface area (Å²) in [6, 6.07) is 0.434. The van der Waals surface area contributed by atoms with Crippen LogP contribution in [0.3, 0.4) is 0 Å². The van der Waals surface area contributed by atoms with E-state index in [1.165, 1.54) is 12.8 Å². The molecule has 1 aromatic rings. The second-order valence-corrected chi connectivity index (χ2v) is 7.23. The van der Waals surface area contributed by atoms with Crippen molar-refractivity contribution in [1.82, 2.24) is 9.78 Å². The third-order valence-corrected chi connectivity index (χ3v) is 5.54. The van der Waals surface area contributed by atoms with Crippen molar-refractivity contribution in [1.29, 1.82) is 0 Å². The number of nitrogens with one attached hydrogen (secondary N) is 1. The zero-order valence-electron chi connectivity index (χ0n) is 11.8. The first-order valence-corrected chi connectivity index (χ1v) is 8.02. The van der Waals surface area contributed by atoms with Crippen LogP contribution in [0.2, 0.25) is 0 Å². The molecule has 1 N–H and O–H groups in total. The van der Waals surface area contributed by atoms with Crippen molar-refractivity contribution < 1.29 is 0 Å². The van der Waals surface area contributed by atoms with E-state index in [1.807, 2.05) is 11.6 Å². The quantitative estimate of drug-likeness (QED) is 0.895. The molecule has 1 atom stereocenters. The van der Waals surface area contributed by atoms with E-state index in [4.69, 9.17) is 0 Å². The first-order chi connectivity index (χ1) is 9.08. The smallest absolute Gasteiger partial charge is 0.268 e. The Balaban J connectivity index is 2.12. The molecule has 104 valence electrons. The maximum Gasteiger partial charge on any atom is 0.270 e. The molecule has 0 amide bonds. The topological polar surface area (TPSA) is 50.1 Å². The third kappa shape index (κ3) is 2.18.